The van der Waals surface area contributed by atoms with E-state index in [1.165, 1.54) is 25.7 Å². The van der Waals surface area contributed by atoms with Gasteiger partial charge in [-0.05, 0) is 53.3 Å². The van der Waals surface area contributed by atoms with Gasteiger partial charge < -0.3 is 4.74 Å². The molecule has 0 amide bonds. The van der Waals surface area contributed by atoms with Gasteiger partial charge in [-0.2, -0.15) is 0 Å². The smallest absolute Gasteiger partial charge is 0.0631 e. The van der Waals surface area contributed by atoms with Gasteiger partial charge in [0.2, 0.25) is 0 Å². The van der Waals surface area contributed by atoms with E-state index in [0.29, 0.717) is 22.3 Å². The summed E-state index contributed by atoms with van der Waals surface area (Å²) < 4.78 is 6.33. The highest BCUT2D eigenvalue weighted by molar-refractivity contribution is 5.09. The summed E-state index contributed by atoms with van der Waals surface area (Å²) in [5.41, 5.74) is 1.33. The molecule has 2 saturated carbocycles. The third kappa shape index (κ3) is 1.76. The van der Waals surface area contributed by atoms with E-state index in [0.717, 1.165) is 24.4 Å². The van der Waals surface area contributed by atoms with Gasteiger partial charge in [-0.25, -0.2) is 0 Å². The van der Waals surface area contributed by atoms with Gasteiger partial charge in [0, 0.05) is 0 Å². The highest BCUT2D eigenvalue weighted by Gasteiger charge is 2.60. The fourth-order valence-electron chi connectivity index (χ4n) is 5.83. The molecular formula is C18H32O. The van der Waals surface area contributed by atoms with E-state index in [1.807, 2.05) is 0 Å². The van der Waals surface area contributed by atoms with Crippen LogP contribution in [-0.2, 0) is 4.74 Å². The predicted molar refractivity (Wildman–Crippen MR) is 80.0 cm³/mol. The normalized spacial score (nSPS) is 51.5. The van der Waals surface area contributed by atoms with Crippen LogP contribution in [0.4, 0.5) is 0 Å². The Morgan fingerprint density at radius 1 is 1.00 bits per heavy atom. The number of hydrogen-bond acceptors (Lipinski definition) is 1. The van der Waals surface area contributed by atoms with Gasteiger partial charge in [0.1, 0.15) is 0 Å². The molecule has 5 atom stereocenters. The number of rotatable bonds is 0. The zero-order valence-corrected chi connectivity index (χ0v) is 13.8. The lowest BCUT2D eigenvalue weighted by Gasteiger charge is -2.62. The van der Waals surface area contributed by atoms with Gasteiger partial charge in [-0.1, -0.05) is 48.0 Å². The molecule has 3 rings (SSSR count). The molecule has 0 N–H and O–H groups in total. The summed E-state index contributed by atoms with van der Waals surface area (Å²) in [6, 6.07) is 0. The lowest BCUT2D eigenvalue weighted by atomic mass is 9.45. The maximum absolute atomic E-state index is 6.33. The second kappa shape index (κ2) is 4.00. The minimum Gasteiger partial charge on any atom is -0.377 e. The summed E-state index contributed by atoms with van der Waals surface area (Å²) in [4.78, 5) is 0. The van der Waals surface area contributed by atoms with Gasteiger partial charge in [-0.3, -0.25) is 0 Å². The van der Waals surface area contributed by atoms with Crippen LogP contribution in [0.25, 0.3) is 0 Å². The van der Waals surface area contributed by atoms with Crippen LogP contribution in [-0.4, -0.2) is 12.7 Å². The van der Waals surface area contributed by atoms with Crippen molar-refractivity contribution in [2.45, 2.75) is 73.3 Å². The Bertz CT molecular complexity index is 370. The summed E-state index contributed by atoms with van der Waals surface area (Å²) in [6.45, 7) is 16.0. The Balaban J connectivity index is 2.00. The molecule has 0 spiro atoms. The lowest BCUT2D eigenvalue weighted by molar-refractivity contribution is -0.206. The standard InChI is InChI=1S/C18H32O/c1-12-16(2,3)10-13-14(17(12,4)5)11-19-15-8-7-9-18(13,15)6/h12-15H,7-11H2,1-6H3. The van der Waals surface area contributed by atoms with Gasteiger partial charge >= 0.3 is 0 Å². The zero-order chi connectivity index (χ0) is 14.1. The minimum absolute atomic E-state index is 0.406. The van der Waals surface area contributed by atoms with Crippen molar-refractivity contribution in [3.8, 4) is 0 Å². The summed E-state index contributed by atoms with van der Waals surface area (Å²) in [6.07, 6.45) is 6.02. The highest BCUT2D eigenvalue weighted by atomic mass is 16.5. The number of hydrogen-bond donors (Lipinski definition) is 0. The first-order valence-electron chi connectivity index (χ1n) is 8.31. The second-order valence-corrected chi connectivity index (χ2v) is 9.17. The van der Waals surface area contributed by atoms with Gasteiger partial charge in [0.05, 0.1) is 12.7 Å². The molecule has 1 heterocycles. The molecule has 0 aromatic carbocycles. The monoisotopic (exact) mass is 264 g/mol. The van der Waals surface area contributed by atoms with Gasteiger partial charge in [-0.15, -0.1) is 0 Å². The van der Waals surface area contributed by atoms with E-state index in [9.17, 15) is 0 Å². The maximum atomic E-state index is 6.33. The van der Waals surface area contributed by atoms with Crippen LogP contribution in [0.15, 0.2) is 0 Å². The van der Waals surface area contributed by atoms with E-state index >= 15 is 0 Å². The Labute approximate surface area is 119 Å². The van der Waals surface area contributed by atoms with Crippen LogP contribution < -0.4 is 0 Å². The number of ether oxygens (including phenoxy) is 1. The molecule has 1 heteroatoms. The molecule has 0 bridgehead atoms. The first kappa shape index (κ1) is 13.9. The van der Waals surface area contributed by atoms with Crippen LogP contribution in [0.2, 0.25) is 0 Å². The average molecular weight is 264 g/mol. The molecular weight excluding hydrogens is 232 g/mol. The second-order valence-electron chi connectivity index (χ2n) is 9.17. The predicted octanol–water partition coefficient (Wildman–Crippen LogP) is 4.90. The van der Waals surface area contributed by atoms with Crippen LogP contribution >= 0.6 is 0 Å². The molecule has 110 valence electrons. The summed E-state index contributed by atoms with van der Waals surface area (Å²) in [5, 5.41) is 0. The van der Waals surface area contributed by atoms with E-state index in [2.05, 4.69) is 41.5 Å². The van der Waals surface area contributed by atoms with Crippen molar-refractivity contribution in [1.82, 2.24) is 0 Å². The molecule has 3 aliphatic rings. The number of fused-ring (bicyclic) bond motifs is 3. The van der Waals surface area contributed by atoms with E-state index in [4.69, 9.17) is 4.74 Å². The van der Waals surface area contributed by atoms with Crippen molar-refractivity contribution >= 4 is 0 Å². The van der Waals surface area contributed by atoms with Crippen molar-refractivity contribution in [3.05, 3.63) is 0 Å². The Hall–Kier alpha value is -0.0400. The Kier molecular flexibility index (Phi) is 2.93. The van der Waals surface area contributed by atoms with Crippen molar-refractivity contribution in [2.75, 3.05) is 6.61 Å². The summed E-state index contributed by atoms with van der Waals surface area (Å²) in [7, 11) is 0. The Morgan fingerprint density at radius 2 is 1.68 bits per heavy atom. The lowest BCUT2D eigenvalue weighted by Crippen LogP contribution is -2.59. The summed E-state index contributed by atoms with van der Waals surface area (Å²) in [5.74, 6) is 2.40. The van der Waals surface area contributed by atoms with Crippen LogP contribution in [0, 0.1) is 34.0 Å². The van der Waals surface area contributed by atoms with E-state index in [-0.39, 0.29) is 0 Å². The third-order valence-electron chi connectivity index (χ3n) is 7.72. The van der Waals surface area contributed by atoms with E-state index < -0.39 is 0 Å². The first-order valence-corrected chi connectivity index (χ1v) is 8.31. The molecule has 3 fully saturated rings. The van der Waals surface area contributed by atoms with E-state index in [1.54, 1.807) is 0 Å². The molecule has 1 nitrogen and oxygen atoms in total. The van der Waals surface area contributed by atoms with Gasteiger partial charge in [0.15, 0.2) is 0 Å². The highest BCUT2D eigenvalue weighted by Crippen LogP contribution is 2.64. The zero-order valence-electron chi connectivity index (χ0n) is 13.8. The quantitative estimate of drug-likeness (QED) is 0.604. The fourth-order valence-corrected chi connectivity index (χ4v) is 5.83. The van der Waals surface area contributed by atoms with Crippen molar-refractivity contribution in [1.29, 1.82) is 0 Å². The molecule has 2 aliphatic carbocycles. The molecule has 19 heavy (non-hydrogen) atoms. The third-order valence-corrected chi connectivity index (χ3v) is 7.72. The topological polar surface area (TPSA) is 9.23 Å². The minimum atomic E-state index is 0.406. The van der Waals surface area contributed by atoms with Crippen LogP contribution in [0.5, 0.6) is 0 Å². The maximum Gasteiger partial charge on any atom is 0.0631 e. The van der Waals surface area contributed by atoms with Crippen molar-refractivity contribution in [3.63, 3.8) is 0 Å². The van der Waals surface area contributed by atoms with Gasteiger partial charge in [0.25, 0.3) is 0 Å². The molecule has 0 aromatic rings. The molecule has 1 aliphatic heterocycles. The van der Waals surface area contributed by atoms with Crippen molar-refractivity contribution in [2.24, 2.45) is 34.0 Å². The van der Waals surface area contributed by atoms with Crippen molar-refractivity contribution < 1.29 is 4.74 Å². The molecule has 1 saturated heterocycles. The molecule has 0 aromatic heterocycles. The molecule has 0 radical (unpaired) electrons. The SMILES string of the molecule is CC1C(C)(C)CC2C(COC3CCCC32C)C1(C)C. The van der Waals surface area contributed by atoms with Crippen LogP contribution in [0.1, 0.15) is 67.2 Å². The Morgan fingerprint density at radius 3 is 2.37 bits per heavy atom. The average Bonchev–Trinajstić information content (AvgIpc) is 2.69. The summed E-state index contributed by atoms with van der Waals surface area (Å²) >= 11 is 0. The fraction of sp³-hybridized carbons (Fsp3) is 1.00. The van der Waals surface area contributed by atoms with Crippen LogP contribution in [0.3, 0.4) is 0 Å². The first-order chi connectivity index (χ1) is 8.69. The molecule has 5 unspecified atom stereocenters. The largest absolute Gasteiger partial charge is 0.377 e.